The van der Waals surface area contributed by atoms with E-state index in [2.05, 4.69) is 106 Å². The van der Waals surface area contributed by atoms with Gasteiger partial charge >= 0.3 is 0 Å². The zero-order valence-electron chi connectivity index (χ0n) is 26.7. The molecule has 0 aliphatic heterocycles. The standard InChI is InChI=1S/C45H25N5/c46-26-29-16-23-44-40(24-29)38-12-7-8-33(28-48)45(38)49(44)34-21-19-30(20-22-34)39-25-31(17-18-32(39)27-47)35-9-1-4-13-41(35)50-42-14-5-2-10-36(42)37-11-3-6-15-43(37)50/h1-25H. The molecule has 0 saturated heterocycles. The highest BCUT2D eigenvalue weighted by Crippen LogP contribution is 2.39. The van der Waals surface area contributed by atoms with Gasteiger partial charge in [0.15, 0.2) is 0 Å². The van der Waals surface area contributed by atoms with Crippen LogP contribution in [0.5, 0.6) is 0 Å². The van der Waals surface area contributed by atoms with Gasteiger partial charge in [0.2, 0.25) is 0 Å². The lowest BCUT2D eigenvalue weighted by Crippen LogP contribution is -1.98. The first-order valence-electron chi connectivity index (χ1n) is 16.3. The smallest absolute Gasteiger partial charge is 0.101 e. The van der Waals surface area contributed by atoms with Crippen LogP contribution in [0, 0.1) is 34.0 Å². The number of nitriles is 3. The van der Waals surface area contributed by atoms with Crippen LogP contribution in [-0.2, 0) is 0 Å². The third kappa shape index (κ3) is 4.31. The Morgan fingerprint density at radius 1 is 0.400 bits per heavy atom. The van der Waals surface area contributed by atoms with Crippen molar-refractivity contribution in [3.05, 3.63) is 168 Å². The summed E-state index contributed by atoms with van der Waals surface area (Å²) in [4.78, 5) is 0. The highest BCUT2D eigenvalue weighted by molar-refractivity contribution is 6.12. The normalized spacial score (nSPS) is 11.1. The molecule has 7 aromatic carbocycles. The monoisotopic (exact) mass is 635 g/mol. The molecule has 9 rings (SSSR count). The lowest BCUT2D eigenvalue weighted by molar-refractivity contribution is 1.17. The second-order valence-electron chi connectivity index (χ2n) is 12.3. The summed E-state index contributed by atoms with van der Waals surface area (Å²) in [6.45, 7) is 0. The zero-order chi connectivity index (χ0) is 33.8. The van der Waals surface area contributed by atoms with E-state index in [0.29, 0.717) is 16.7 Å². The van der Waals surface area contributed by atoms with Crippen molar-refractivity contribution >= 4 is 43.6 Å². The highest BCUT2D eigenvalue weighted by atomic mass is 15.0. The van der Waals surface area contributed by atoms with E-state index in [1.807, 2.05) is 66.7 Å². The molecule has 0 saturated carbocycles. The number of para-hydroxylation sites is 4. The molecule has 0 spiro atoms. The van der Waals surface area contributed by atoms with Crippen LogP contribution < -0.4 is 0 Å². The molecule has 0 fully saturated rings. The lowest BCUT2D eigenvalue weighted by atomic mass is 9.94. The van der Waals surface area contributed by atoms with Gasteiger partial charge in [-0.15, -0.1) is 0 Å². The Kier molecular flexibility index (Phi) is 6.56. The van der Waals surface area contributed by atoms with Crippen molar-refractivity contribution in [1.82, 2.24) is 9.13 Å². The van der Waals surface area contributed by atoms with Gasteiger partial charge in [-0.25, -0.2) is 0 Å². The van der Waals surface area contributed by atoms with E-state index < -0.39 is 0 Å². The van der Waals surface area contributed by atoms with E-state index in [4.69, 9.17) is 0 Å². The van der Waals surface area contributed by atoms with Crippen molar-refractivity contribution in [2.75, 3.05) is 0 Å². The van der Waals surface area contributed by atoms with Crippen LogP contribution in [0.2, 0.25) is 0 Å². The Hall–Kier alpha value is -7.39. The number of hydrogen-bond donors (Lipinski definition) is 0. The van der Waals surface area contributed by atoms with Gasteiger partial charge in [-0.05, 0) is 77.9 Å². The molecule has 0 bridgehead atoms. The molecule has 2 aromatic heterocycles. The fourth-order valence-corrected chi connectivity index (χ4v) is 7.43. The van der Waals surface area contributed by atoms with E-state index in [9.17, 15) is 15.8 Å². The summed E-state index contributed by atoms with van der Waals surface area (Å²) in [5.74, 6) is 0. The summed E-state index contributed by atoms with van der Waals surface area (Å²) in [5, 5.41) is 34.1. The molecule has 230 valence electrons. The van der Waals surface area contributed by atoms with Gasteiger partial charge < -0.3 is 9.13 Å². The minimum Gasteiger partial charge on any atom is -0.309 e. The van der Waals surface area contributed by atoms with Gasteiger partial charge in [0, 0.05) is 38.4 Å². The summed E-state index contributed by atoms with van der Waals surface area (Å²) in [7, 11) is 0. The summed E-state index contributed by atoms with van der Waals surface area (Å²) in [5.41, 5.74) is 11.5. The average molecular weight is 636 g/mol. The van der Waals surface area contributed by atoms with Gasteiger partial charge in [-0.3, -0.25) is 0 Å². The molecule has 0 unspecified atom stereocenters. The van der Waals surface area contributed by atoms with Crippen molar-refractivity contribution in [2.45, 2.75) is 0 Å². The molecule has 0 radical (unpaired) electrons. The molecule has 2 heterocycles. The van der Waals surface area contributed by atoms with Crippen LogP contribution in [0.1, 0.15) is 16.7 Å². The Balaban J connectivity index is 1.19. The SMILES string of the molecule is N#Cc1ccc2c(c1)c1cccc(C#N)c1n2-c1ccc(-c2cc(-c3ccccc3-n3c4ccccc4c4ccccc43)ccc2C#N)cc1. The largest absolute Gasteiger partial charge is 0.309 e. The molecule has 0 aliphatic carbocycles. The molecule has 50 heavy (non-hydrogen) atoms. The number of nitrogens with zero attached hydrogens (tertiary/aromatic N) is 5. The van der Waals surface area contributed by atoms with Crippen molar-refractivity contribution in [2.24, 2.45) is 0 Å². The second kappa shape index (κ2) is 11.4. The van der Waals surface area contributed by atoms with Crippen LogP contribution in [0.3, 0.4) is 0 Å². The van der Waals surface area contributed by atoms with Crippen molar-refractivity contribution < 1.29 is 0 Å². The van der Waals surface area contributed by atoms with Gasteiger partial charge in [-0.2, -0.15) is 15.8 Å². The third-order valence-corrected chi connectivity index (χ3v) is 9.65. The fourth-order valence-electron chi connectivity index (χ4n) is 7.43. The molecule has 5 nitrogen and oxygen atoms in total. The Labute approximate surface area is 287 Å². The fraction of sp³-hybridized carbons (Fsp3) is 0. The minimum atomic E-state index is 0.558. The molecule has 9 aromatic rings. The van der Waals surface area contributed by atoms with Crippen LogP contribution >= 0.6 is 0 Å². The number of fused-ring (bicyclic) bond motifs is 6. The summed E-state index contributed by atoms with van der Waals surface area (Å²) >= 11 is 0. The Morgan fingerprint density at radius 3 is 1.76 bits per heavy atom. The van der Waals surface area contributed by atoms with E-state index in [1.165, 1.54) is 10.8 Å². The van der Waals surface area contributed by atoms with Crippen molar-refractivity contribution in [3.8, 4) is 51.8 Å². The van der Waals surface area contributed by atoms with Crippen LogP contribution in [-0.4, -0.2) is 9.13 Å². The number of benzene rings is 7. The van der Waals surface area contributed by atoms with E-state index in [0.717, 1.165) is 66.5 Å². The van der Waals surface area contributed by atoms with Crippen LogP contribution in [0.25, 0.3) is 77.2 Å². The predicted molar refractivity (Wildman–Crippen MR) is 200 cm³/mol. The lowest BCUT2D eigenvalue weighted by Gasteiger charge is -2.16. The zero-order valence-corrected chi connectivity index (χ0v) is 26.7. The first-order chi connectivity index (χ1) is 24.7. The second-order valence-corrected chi connectivity index (χ2v) is 12.3. The Bertz CT molecular complexity index is 2900. The molecule has 0 aliphatic rings. The van der Waals surface area contributed by atoms with Gasteiger partial charge in [-0.1, -0.05) is 84.9 Å². The van der Waals surface area contributed by atoms with Crippen LogP contribution in [0.4, 0.5) is 0 Å². The van der Waals surface area contributed by atoms with Gasteiger partial charge in [0.05, 0.1) is 56.6 Å². The van der Waals surface area contributed by atoms with E-state index in [-0.39, 0.29) is 0 Å². The molecule has 0 amide bonds. The van der Waals surface area contributed by atoms with Crippen LogP contribution in [0.15, 0.2) is 152 Å². The maximum Gasteiger partial charge on any atom is 0.101 e. The number of aromatic nitrogens is 2. The topological polar surface area (TPSA) is 81.2 Å². The highest BCUT2D eigenvalue weighted by Gasteiger charge is 2.18. The summed E-state index contributed by atoms with van der Waals surface area (Å²) in [6, 6.07) is 57.9. The third-order valence-electron chi connectivity index (χ3n) is 9.65. The minimum absolute atomic E-state index is 0.558. The van der Waals surface area contributed by atoms with Crippen molar-refractivity contribution in [1.29, 1.82) is 15.8 Å². The predicted octanol–water partition coefficient (Wildman–Crippen LogP) is 10.8. The number of rotatable bonds is 4. The summed E-state index contributed by atoms with van der Waals surface area (Å²) in [6.07, 6.45) is 0. The average Bonchev–Trinajstić information content (AvgIpc) is 3.70. The molecule has 0 N–H and O–H groups in total. The number of hydrogen-bond acceptors (Lipinski definition) is 3. The van der Waals surface area contributed by atoms with Gasteiger partial charge in [0.1, 0.15) is 6.07 Å². The first kappa shape index (κ1) is 28.8. The molecular formula is C45H25N5. The summed E-state index contributed by atoms with van der Waals surface area (Å²) < 4.78 is 4.41. The first-order valence-corrected chi connectivity index (χ1v) is 16.3. The molecular weight excluding hydrogens is 611 g/mol. The van der Waals surface area contributed by atoms with Crippen molar-refractivity contribution in [3.63, 3.8) is 0 Å². The van der Waals surface area contributed by atoms with Gasteiger partial charge in [0.25, 0.3) is 0 Å². The van der Waals surface area contributed by atoms with E-state index in [1.54, 1.807) is 6.07 Å². The Morgan fingerprint density at radius 2 is 1.04 bits per heavy atom. The quantitative estimate of drug-likeness (QED) is 0.193. The molecule has 5 heteroatoms. The maximum absolute atomic E-state index is 10.2. The maximum atomic E-state index is 10.2. The van der Waals surface area contributed by atoms with E-state index >= 15 is 0 Å². The molecule has 0 atom stereocenters.